The normalized spacial score (nSPS) is 9.93. The summed E-state index contributed by atoms with van der Waals surface area (Å²) in [6, 6.07) is 15.3. The van der Waals surface area contributed by atoms with Crippen LogP contribution in [0.5, 0.6) is 11.5 Å². The van der Waals surface area contributed by atoms with E-state index in [2.05, 4.69) is 0 Å². The zero-order valence-corrected chi connectivity index (χ0v) is 8.60. The fourth-order valence-electron chi connectivity index (χ4n) is 1.39. The Kier molecular flexibility index (Phi) is 2.59. The van der Waals surface area contributed by atoms with E-state index in [1.807, 2.05) is 55.5 Å². The van der Waals surface area contributed by atoms with E-state index in [9.17, 15) is 0 Å². The monoisotopic (exact) mass is 199 g/mol. The fraction of sp³-hybridized carbons (Fsp3) is 0.0769. The molecule has 0 radical (unpaired) electrons. The topological polar surface area (TPSA) is 35.2 Å². The number of nitrogen functional groups attached to an aromatic ring is 1. The molecule has 0 unspecified atom stereocenters. The quantitative estimate of drug-likeness (QED) is 0.752. The minimum atomic E-state index is 0.708. The predicted octanol–water partition coefficient (Wildman–Crippen LogP) is 3.37. The van der Waals surface area contributed by atoms with Gasteiger partial charge >= 0.3 is 0 Å². The first-order valence-electron chi connectivity index (χ1n) is 4.84. The maximum absolute atomic E-state index is 5.66. The lowest BCUT2D eigenvalue weighted by Gasteiger charge is -2.06. The molecule has 0 aliphatic rings. The molecule has 2 aromatic carbocycles. The Labute approximate surface area is 89.3 Å². The summed E-state index contributed by atoms with van der Waals surface area (Å²) < 4.78 is 5.66. The van der Waals surface area contributed by atoms with Crippen molar-refractivity contribution in [2.24, 2.45) is 0 Å². The van der Waals surface area contributed by atoms with Crippen molar-refractivity contribution in [1.82, 2.24) is 0 Å². The standard InChI is InChI=1S/C13H13NO/c1-10-4-2-6-12(8-10)15-13-7-3-5-11(14)9-13/h2-9H,14H2,1H3. The summed E-state index contributed by atoms with van der Waals surface area (Å²) in [6.45, 7) is 2.03. The van der Waals surface area contributed by atoms with Gasteiger partial charge in [0.15, 0.2) is 0 Å². The zero-order chi connectivity index (χ0) is 10.7. The number of anilines is 1. The molecular weight excluding hydrogens is 186 g/mol. The average molecular weight is 199 g/mol. The summed E-state index contributed by atoms with van der Waals surface area (Å²) in [7, 11) is 0. The van der Waals surface area contributed by atoms with E-state index in [4.69, 9.17) is 10.5 Å². The molecule has 2 N–H and O–H groups in total. The zero-order valence-electron chi connectivity index (χ0n) is 8.60. The molecule has 0 spiro atoms. The fourth-order valence-corrected chi connectivity index (χ4v) is 1.39. The lowest BCUT2D eigenvalue weighted by atomic mass is 10.2. The van der Waals surface area contributed by atoms with Gasteiger partial charge in [-0.3, -0.25) is 0 Å². The van der Waals surface area contributed by atoms with Crippen molar-refractivity contribution in [3.63, 3.8) is 0 Å². The Hall–Kier alpha value is -1.96. The third-order valence-corrected chi connectivity index (χ3v) is 2.08. The van der Waals surface area contributed by atoms with Gasteiger partial charge in [0.2, 0.25) is 0 Å². The number of ether oxygens (including phenoxy) is 1. The smallest absolute Gasteiger partial charge is 0.129 e. The van der Waals surface area contributed by atoms with Crippen LogP contribution in [0.2, 0.25) is 0 Å². The Morgan fingerprint density at radius 1 is 0.933 bits per heavy atom. The highest BCUT2D eigenvalue weighted by Crippen LogP contribution is 2.23. The molecule has 0 saturated carbocycles. The van der Waals surface area contributed by atoms with Crippen molar-refractivity contribution in [3.8, 4) is 11.5 Å². The van der Waals surface area contributed by atoms with Crippen LogP contribution in [-0.2, 0) is 0 Å². The average Bonchev–Trinajstić information content (AvgIpc) is 2.17. The second-order valence-corrected chi connectivity index (χ2v) is 3.49. The molecule has 2 heteroatoms. The first-order valence-corrected chi connectivity index (χ1v) is 4.84. The number of hydrogen-bond donors (Lipinski definition) is 1. The van der Waals surface area contributed by atoms with Crippen molar-refractivity contribution in [3.05, 3.63) is 54.1 Å². The van der Waals surface area contributed by atoms with Crippen LogP contribution in [0.15, 0.2) is 48.5 Å². The molecule has 76 valence electrons. The molecule has 2 nitrogen and oxygen atoms in total. The molecule has 0 bridgehead atoms. The molecule has 15 heavy (non-hydrogen) atoms. The van der Waals surface area contributed by atoms with Gasteiger partial charge < -0.3 is 10.5 Å². The Morgan fingerprint density at radius 3 is 2.27 bits per heavy atom. The lowest BCUT2D eigenvalue weighted by Crippen LogP contribution is -1.87. The third kappa shape index (κ3) is 2.50. The van der Waals surface area contributed by atoms with Crippen LogP contribution in [0.3, 0.4) is 0 Å². The summed E-state index contributed by atoms with van der Waals surface area (Å²) in [5.41, 5.74) is 7.55. The number of nitrogens with two attached hydrogens (primary N) is 1. The first kappa shape index (κ1) is 9.59. The minimum absolute atomic E-state index is 0.708. The van der Waals surface area contributed by atoms with E-state index in [0.29, 0.717) is 5.69 Å². The third-order valence-electron chi connectivity index (χ3n) is 2.08. The number of benzene rings is 2. The van der Waals surface area contributed by atoms with Crippen LogP contribution in [0.1, 0.15) is 5.56 Å². The molecule has 2 rings (SSSR count). The van der Waals surface area contributed by atoms with E-state index in [-0.39, 0.29) is 0 Å². The van der Waals surface area contributed by atoms with E-state index < -0.39 is 0 Å². The summed E-state index contributed by atoms with van der Waals surface area (Å²) >= 11 is 0. The van der Waals surface area contributed by atoms with Gasteiger partial charge in [0.05, 0.1) is 0 Å². The van der Waals surface area contributed by atoms with Crippen molar-refractivity contribution in [2.75, 3.05) is 5.73 Å². The van der Waals surface area contributed by atoms with Crippen molar-refractivity contribution in [1.29, 1.82) is 0 Å². The number of aryl methyl sites for hydroxylation is 1. The number of rotatable bonds is 2. The van der Waals surface area contributed by atoms with Crippen molar-refractivity contribution >= 4 is 5.69 Å². The SMILES string of the molecule is Cc1cccc(Oc2cccc(N)c2)c1. The van der Waals surface area contributed by atoms with Gasteiger partial charge in [-0.2, -0.15) is 0 Å². The van der Waals surface area contributed by atoms with Crippen molar-refractivity contribution in [2.45, 2.75) is 6.92 Å². The molecule has 0 fully saturated rings. The summed E-state index contributed by atoms with van der Waals surface area (Å²) in [4.78, 5) is 0. The second kappa shape index (κ2) is 4.05. The largest absolute Gasteiger partial charge is 0.457 e. The van der Waals surface area contributed by atoms with Gasteiger partial charge in [-0.1, -0.05) is 18.2 Å². The molecule has 0 amide bonds. The second-order valence-electron chi connectivity index (χ2n) is 3.49. The highest BCUT2D eigenvalue weighted by Gasteiger charge is 1.97. The summed E-state index contributed by atoms with van der Waals surface area (Å²) in [5.74, 6) is 1.60. The van der Waals surface area contributed by atoms with Gasteiger partial charge in [-0.25, -0.2) is 0 Å². The molecule has 0 heterocycles. The first-order chi connectivity index (χ1) is 7.24. The molecule has 0 saturated heterocycles. The van der Waals surface area contributed by atoms with Crippen LogP contribution in [0.25, 0.3) is 0 Å². The maximum atomic E-state index is 5.66. The maximum Gasteiger partial charge on any atom is 0.129 e. The molecule has 0 atom stereocenters. The number of hydrogen-bond acceptors (Lipinski definition) is 2. The van der Waals surface area contributed by atoms with Gasteiger partial charge in [-0.15, -0.1) is 0 Å². The Bertz CT molecular complexity index is 422. The van der Waals surface area contributed by atoms with Gasteiger partial charge in [-0.05, 0) is 36.8 Å². The van der Waals surface area contributed by atoms with Gasteiger partial charge in [0.1, 0.15) is 11.5 Å². The minimum Gasteiger partial charge on any atom is -0.457 e. The van der Waals surface area contributed by atoms with E-state index >= 15 is 0 Å². The lowest BCUT2D eigenvalue weighted by molar-refractivity contribution is 0.482. The van der Waals surface area contributed by atoms with Gasteiger partial charge in [0.25, 0.3) is 0 Å². The van der Waals surface area contributed by atoms with Crippen LogP contribution in [-0.4, -0.2) is 0 Å². The van der Waals surface area contributed by atoms with E-state index in [1.54, 1.807) is 0 Å². The molecule has 2 aromatic rings. The van der Waals surface area contributed by atoms with Crippen LogP contribution in [0.4, 0.5) is 5.69 Å². The summed E-state index contributed by atoms with van der Waals surface area (Å²) in [5, 5.41) is 0. The Morgan fingerprint density at radius 2 is 1.60 bits per heavy atom. The highest BCUT2D eigenvalue weighted by molar-refractivity contribution is 5.45. The van der Waals surface area contributed by atoms with Gasteiger partial charge in [0, 0.05) is 11.8 Å². The molecule has 0 aliphatic carbocycles. The predicted molar refractivity (Wildman–Crippen MR) is 62.1 cm³/mol. The molecular formula is C13H13NO. The van der Waals surface area contributed by atoms with Crippen LogP contribution in [0, 0.1) is 6.92 Å². The Balaban J connectivity index is 2.22. The van der Waals surface area contributed by atoms with Crippen molar-refractivity contribution < 1.29 is 4.74 Å². The van der Waals surface area contributed by atoms with E-state index in [1.165, 1.54) is 5.56 Å². The molecule has 0 aliphatic heterocycles. The summed E-state index contributed by atoms with van der Waals surface area (Å²) in [6.07, 6.45) is 0. The van der Waals surface area contributed by atoms with E-state index in [0.717, 1.165) is 11.5 Å². The highest BCUT2D eigenvalue weighted by atomic mass is 16.5. The van der Waals surface area contributed by atoms with Crippen LogP contribution >= 0.6 is 0 Å². The van der Waals surface area contributed by atoms with Crippen LogP contribution < -0.4 is 10.5 Å². The molecule has 0 aromatic heterocycles.